The van der Waals surface area contributed by atoms with Crippen molar-refractivity contribution in [2.45, 2.75) is 110 Å². The summed E-state index contributed by atoms with van der Waals surface area (Å²) in [7, 11) is 2.15. The average Bonchev–Trinajstić information content (AvgIpc) is 3.36. The number of carbonyl (C=O) groups is 1. The SMILES string of the molecule is C[C@H]1CC[C@@]2(OC1)O[C@H]1C[C@H]3[C@@H]4CC[C@@H]5C[C@@H](NC(=O)N6CCN(C)CC6)CC[C@]5(C)[C@H]4CC[C@]3(C)[C@H]1[C@@H]2C. The first-order valence-electron chi connectivity index (χ1n) is 16.7. The van der Waals surface area contributed by atoms with E-state index in [-0.39, 0.29) is 11.8 Å². The Morgan fingerprint density at radius 2 is 1.64 bits per heavy atom. The lowest BCUT2D eigenvalue weighted by molar-refractivity contribution is -0.273. The van der Waals surface area contributed by atoms with Crippen LogP contribution in [0, 0.1) is 52.3 Å². The van der Waals surface area contributed by atoms with E-state index >= 15 is 0 Å². The zero-order chi connectivity index (χ0) is 27.2. The Bertz CT molecular complexity index is 942. The summed E-state index contributed by atoms with van der Waals surface area (Å²) in [5.41, 5.74) is 0.839. The number of fused-ring (bicyclic) bond motifs is 7. The van der Waals surface area contributed by atoms with E-state index in [1.54, 1.807) is 0 Å². The molecular weight excluding hydrogens is 486 g/mol. The van der Waals surface area contributed by atoms with Crippen molar-refractivity contribution in [3.8, 4) is 0 Å². The number of hydrogen-bond donors (Lipinski definition) is 1. The van der Waals surface area contributed by atoms with Gasteiger partial charge in [-0.25, -0.2) is 4.79 Å². The molecule has 3 aliphatic heterocycles. The first-order valence-corrected chi connectivity index (χ1v) is 16.7. The number of hydrogen-bond acceptors (Lipinski definition) is 4. The van der Waals surface area contributed by atoms with E-state index in [9.17, 15) is 4.79 Å². The van der Waals surface area contributed by atoms with Crippen molar-refractivity contribution in [1.82, 2.24) is 15.1 Å². The van der Waals surface area contributed by atoms with Crippen LogP contribution < -0.4 is 5.32 Å². The molecule has 7 fully saturated rings. The summed E-state index contributed by atoms with van der Waals surface area (Å²) in [6.07, 6.45) is 13.1. The molecule has 4 aliphatic carbocycles. The molecule has 7 aliphatic rings. The maximum absolute atomic E-state index is 13.0. The van der Waals surface area contributed by atoms with Crippen molar-refractivity contribution in [2.75, 3.05) is 39.8 Å². The van der Waals surface area contributed by atoms with Crippen LogP contribution in [0.2, 0.25) is 0 Å². The molecule has 0 unspecified atom stereocenters. The Morgan fingerprint density at radius 1 is 0.872 bits per heavy atom. The van der Waals surface area contributed by atoms with Crippen LogP contribution in [0.25, 0.3) is 0 Å². The molecule has 0 bridgehead atoms. The summed E-state index contributed by atoms with van der Waals surface area (Å²) < 4.78 is 13.5. The molecule has 3 heterocycles. The molecule has 0 aromatic heterocycles. The number of piperazine rings is 1. The summed E-state index contributed by atoms with van der Waals surface area (Å²) in [5.74, 6) is 4.79. The maximum atomic E-state index is 13.0. The second kappa shape index (κ2) is 9.59. The standard InChI is InChI=1S/C33H55N3O3/c1-21-8-13-33(38-20-21)22(2)29-28(39-33)19-27-25-7-6-23-18-24(34-30(37)36-16-14-35(5)15-17-36)9-11-31(23,3)26(25)10-12-32(27,29)4/h21-29H,6-20H2,1-5H3,(H,34,37)/t21-,22-,23+,24-,25+,26-,27-,28-,29-,31-,32-,33+/m0/s1. The van der Waals surface area contributed by atoms with E-state index in [1.165, 1.54) is 51.4 Å². The second-order valence-electron chi connectivity index (χ2n) is 15.9. The van der Waals surface area contributed by atoms with Crippen LogP contribution >= 0.6 is 0 Å². The van der Waals surface area contributed by atoms with Gasteiger partial charge in [0.2, 0.25) is 0 Å². The topological polar surface area (TPSA) is 54.0 Å². The molecule has 12 atom stereocenters. The summed E-state index contributed by atoms with van der Waals surface area (Å²) in [5, 5.41) is 3.47. The van der Waals surface area contributed by atoms with Crippen molar-refractivity contribution in [1.29, 1.82) is 0 Å². The van der Waals surface area contributed by atoms with Gasteiger partial charge in [-0.1, -0.05) is 27.7 Å². The number of nitrogens with one attached hydrogen (secondary N) is 1. The summed E-state index contributed by atoms with van der Waals surface area (Å²) in [6, 6.07) is 0.537. The zero-order valence-electron chi connectivity index (χ0n) is 25.4. The molecule has 0 radical (unpaired) electrons. The van der Waals surface area contributed by atoms with Gasteiger partial charge in [-0.2, -0.15) is 0 Å². The molecule has 3 saturated heterocycles. The Labute approximate surface area is 237 Å². The second-order valence-corrected chi connectivity index (χ2v) is 15.9. The minimum atomic E-state index is -0.302. The third-order valence-electron chi connectivity index (χ3n) is 14.1. The molecule has 0 aromatic rings. The smallest absolute Gasteiger partial charge is 0.317 e. The molecule has 6 nitrogen and oxygen atoms in total. The summed E-state index contributed by atoms with van der Waals surface area (Å²) in [6.45, 7) is 14.6. The first kappa shape index (κ1) is 27.0. The number of carbonyl (C=O) groups excluding carboxylic acids is 1. The number of rotatable bonds is 1. The Morgan fingerprint density at radius 3 is 2.38 bits per heavy atom. The maximum Gasteiger partial charge on any atom is 0.317 e. The van der Waals surface area contributed by atoms with Crippen LogP contribution in [-0.4, -0.2) is 73.6 Å². The van der Waals surface area contributed by atoms with Crippen molar-refractivity contribution in [2.24, 2.45) is 52.3 Å². The third-order valence-corrected chi connectivity index (χ3v) is 14.1. The molecule has 7 rings (SSSR count). The number of amides is 2. The quantitative estimate of drug-likeness (QED) is 0.459. The van der Waals surface area contributed by atoms with Gasteiger partial charge in [-0.3, -0.25) is 0 Å². The van der Waals surface area contributed by atoms with Crippen LogP contribution in [0.3, 0.4) is 0 Å². The minimum Gasteiger partial charge on any atom is -0.349 e. The fourth-order valence-corrected chi connectivity index (χ4v) is 11.7. The van der Waals surface area contributed by atoms with Gasteiger partial charge < -0.3 is 24.6 Å². The van der Waals surface area contributed by atoms with Gasteiger partial charge >= 0.3 is 6.03 Å². The van der Waals surface area contributed by atoms with E-state index in [2.05, 4.69) is 45.0 Å². The number of likely N-dealkylation sites (N-methyl/N-ethyl adjacent to an activating group) is 1. The lowest BCUT2D eigenvalue weighted by Crippen LogP contribution is -2.57. The van der Waals surface area contributed by atoms with Gasteiger partial charge in [-0.05, 0) is 111 Å². The average molecular weight is 542 g/mol. The van der Waals surface area contributed by atoms with Gasteiger partial charge in [0.1, 0.15) is 0 Å². The molecule has 4 saturated carbocycles. The molecule has 220 valence electrons. The van der Waals surface area contributed by atoms with Gasteiger partial charge in [0, 0.05) is 44.6 Å². The molecule has 1 spiro atoms. The van der Waals surface area contributed by atoms with E-state index in [0.717, 1.165) is 69.3 Å². The van der Waals surface area contributed by atoms with E-state index in [0.29, 0.717) is 40.7 Å². The van der Waals surface area contributed by atoms with Gasteiger partial charge in [-0.15, -0.1) is 0 Å². The lowest BCUT2D eigenvalue weighted by Gasteiger charge is -2.61. The molecular formula is C33H55N3O3. The van der Waals surface area contributed by atoms with Crippen molar-refractivity contribution in [3.05, 3.63) is 0 Å². The third kappa shape index (κ3) is 4.15. The van der Waals surface area contributed by atoms with E-state index in [4.69, 9.17) is 9.47 Å². The fraction of sp³-hybridized carbons (Fsp3) is 0.970. The van der Waals surface area contributed by atoms with Crippen LogP contribution in [0.5, 0.6) is 0 Å². The highest BCUT2D eigenvalue weighted by Crippen LogP contribution is 2.71. The number of urea groups is 1. The highest BCUT2D eigenvalue weighted by Gasteiger charge is 2.69. The van der Waals surface area contributed by atoms with Gasteiger partial charge in [0.05, 0.1) is 12.7 Å². The van der Waals surface area contributed by atoms with Crippen molar-refractivity contribution >= 4 is 6.03 Å². The van der Waals surface area contributed by atoms with Gasteiger partial charge in [0.25, 0.3) is 0 Å². The highest BCUT2D eigenvalue weighted by atomic mass is 16.7. The van der Waals surface area contributed by atoms with E-state index < -0.39 is 0 Å². The number of nitrogens with zero attached hydrogens (tertiary/aromatic N) is 2. The molecule has 2 amide bonds. The van der Waals surface area contributed by atoms with Crippen LogP contribution in [-0.2, 0) is 9.47 Å². The van der Waals surface area contributed by atoms with Crippen LogP contribution in [0.4, 0.5) is 4.79 Å². The Kier molecular flexibility index (Phi) is 6.64. The highest BCUT2D eigenvalue weighted by molar-refractivity contribution is 5.74. The normalized spacial score (nSPS) is 53.6. The van der Waals surface area contributed by atoms with Crippen LogP contribution in [0.1, 0.15) is 91.9 Å². The van der Waals surface area contributed by atoms with E-state index in [1.807, 2.05) is 4.90 Å². The lowest BCUT2D eigenvalue weighted by atomic mass is 9.44. The predicted octanol–water partition coefficient (Wildman–Crippen LogP) is 5.76. The summed E-state index contributed by atoms with van der Waals surface area (Å²) >= 11 is 0. The zero-order valence-corrected chi connectivity index (χ0v) is 25.4. The minimum absolute atomic E-state index is 0.180. The van der Waals surface area contributed by atoms with Gasteiger partial charge in [0.15, 0.2) is 5.79 Å². The summed E-state index contributed by atoms with van der Waals surface area (Å²) in [4.78, 5) is 17.4. The molecule has 6 heteroatoms. The first-order chi connectivity index (χ1) is 18.6. The van der Waals surface area contributed by atoms with Crippen LogP contribution in [0.15, 0.2) is 0 Å². The largest absolute Gasteiger partial charge is 0.349 e. The Hall–Kier alpha value is -0.850. The molecule has 0 aromatic carbocycles. The Balaban J connectivity index is 1.02. The van der Waals surface area contributed by atoms with Crippen molar-refractivity contribution in [3.63, 3.8) is 0 Å². The molecule has 39 heavy (non-hydrogen) atoms. The monoisotopic (exact) mass is 541 g/mol. The fourth-order valence-electron chi connectivity index (χ4n) is 11.7. The number of ether oxygens (including phenoxy) is 2. The predicted molar refractivity (Wildman–Crippen MR) is 153 cm³/mol. The van der Waals surface area contributed by atoms with Crippen molar-refractivity contribution < 1.29 is 14.3 Å². The molecule has 1 N–H and O–H groups in total.